The molecule has 58 heavy (non-hydrogen) atoms. The molecule has 0 saturated heterocycles. The van der Waals surface area contributed by atoms with Crippen LogP contribution in [0.5, 0.6) is 0 Å². The SMILES string of the molecule is C=C(C)CC.CC.CCC(C)(C)C(=O)[C@H](CC(C)C)NC(=O)CNC(=O)[C@H](CC(C)C)NC(=O)CNC(=O)Cc1csc(COC(=O)N(C)C)n1.Cc1ccccc1. The number of hydrogen-bond donors (Lipinski definition) is 4. The highest BCUT2D eigenvalue weighted by molar-refractivity contribution is 7.09. The molecule has 14 heteroatoms. The van der Waals surface area contributed by atoms with Crippen LogP contribution in [0.25, 0.3) is 0 Å². The zero-order valence-electron chi connectivity index (χ0n) is 37.8. The Morgan fingerprint density at radius 3 is 1.79 bits per heavy atom. The lowest BCUT2D eigenvalue weighted by atomic mass is 9.80. The van der Waals surface area contributed by atoms with Gasteiger partial charge in [0.25, 0.3) is 0 Å². The van der Waals surface area contributed by atoms with Gasteiger partial charge in [-0.3, -0.25) is 24.0 Å². The molecule has 4 N–H and O–H groups in total. The maximum atomic E-state index is 13.0. The number of aromatic nitrogens is 1. The fourth-order valence-electron chi connectivity index (χ4n) is 4.52. The van der Waals surface area contributed by atoms with E-state index in [1.165, 1.54) is 27.4 Å². The standard InChI is InChI=1S/C30H50N6O7S.C7H8.C5H10.C2H6/c1-10-30(6,7)27(40)21(11-18(2)3)34-25(39)15-32-28(41)22(12-19(4)5)35-24(38)14-31-23(37)13-20-17-44-26(33-20)16-43-29(42)36(8)9;1-7-5-3-2-4-6-7;1-4-5(2)3;1-2/h17-19,21-22H,10-16H2,1-9H3,(H,31,37)(H,32,41)(H,34,39)(H,35,38);2-6H,1H3;2,4H2,1,3H3;1-2H3/t21-,22-;;;/m0.../s1. The summed E-state index contributed by atoms with van der Waals surface area (Å²) in [5, 5.41) is 12.7. The van der Waals surface area contributed by atoms with Crippen LogP contribution in [-0.4, -0.2) is 84.7 Å². The fourth-order valence-corrected chi connectivity index (χ4v) is 5.23. The van der Waals surface area contributed by atoms with Crippen LogP contribution in [0.15, 0.2) is 47.9 Å². The molecule has 1 heterocycles. The molecule has 2 aromatic rings. The number of rotatable bonds is 19. The van der Waals surface area contributed by atoms with Crippen LogP contribution in [-0.2, 0) is 41.7 Å². The van der Waals surface area contributed by atoms with Crippen molar-refractivity contribution in [1.29, 1.82) is 0 Å². The second-order valence-electron chi connectivity index (χ2n) is 15.4. The number of thiazole rings is 1. The van der Waals surface area contributed by atoms with E-state index in [9.17, 15) is 28.8 Å². The molecule has 13 nitrogen and oxygen atoms in total. The third kappa shape index (κ3) is 26.4. The van der Waals surface area contributed by atoms with Gasteiger partial charge in [-0.05, 0) is 51.4 Å². The number of ether oxygens (including phenoxy) is 1. The van der Waals surface area contributed by atoms with Gasteiger partial charge < -0.3 is 30.9 Å². The Balaban J connectivity index is 0. The van der Waals surface area contributed by atoms with Gasteiger partial charge in [-0.25, -0.2) is 9.78 Å². The number of ketones is 1. The van der Waals surface area contributed by atoms with Gasteiger partial charge in [-0.15, -0.1) is 17.9 Å². The number of benzene rings is 1. The molecule has 0 bridgehead atoms. The van der Waals surface area contributed by atoms with Crippen molar-refractivity contribution in [3.05, 3.63) is 64.1 Å². The molecule has 0 fully saturated rings. The predicted octanol–water partition coefficient (Wildman–Crippen LogP) is 7.18. The Bertz CT molecular complexity index is 1540. The van der Waals surface area contributed by atoms with E-state index in [4.69, 9.17) is 4.74 Å². The predicted molar refractivity (Wildman–Crippen MR) is 235 cm³/mol. The summed E-state index contributed by atoms with van der Waals surface area (Å²) in [6.07, 6.45) is 1.95. The molecule has 0 aliphatic carbocycles. The molecule has 0 aliphatic heterocycles. The largest absolute Gasteiger partial charge is 0.442 e. The molecule has 0 aliphatic rings. The zero-order chi connectivity index (χ0) is 45.0. The van der Waals surface area contributed by atoms with E-state index in [2.05, 4.69) is 58.8 Å². The van der Waals surface area contributed by atoms with Gasteiger partial charge in [0.05, 0.1) is 31.2 Å². The lowest BCUT2D eigenvalue weighted by Gasteiger charge is -2.29. The van der Waals surface area contributed by atoms with Crippen LogP contribution in [0.2, 0.25) is 0 Å². The highest BCUT2D eigenvalue weighted by Crippen LogP contribution is 2.25. The van der Waals surface area contributed by atoms with E-state index in [1.807, 2.05) is 87.4 Å². The molecule has 1 aromatic heterocycles. The van der Waals surface area contributed by atoms with Crippen molar-refractivity contribution in [2.75, 3.05) is 27.2 Å². The normalized spacial score (nSPS) is 11.4. The summed E-state index contributed by atoms with van der Waals surface area (Å²) >= 11 is 1.25. The zero-order valence-corrected chi connectivity index (χ0v) is 38.6. The van der Waals surface area contributed by atoms with Crippen LogP contribution < -0.4 is 21.3 Å². The van der Waals surface area contributed by atoms with Gasteiger partial charge in [0, 0.05) is 24.9 Å². The Morgan fingerprint density at radius 1 is 0.845 bits per heavy atom. The number of carbonyl (C=O) groups is 6. The van der Waals surface area contributed by atoms with Crippen molar-refractivity contribution in [2.24, 2.45) is 17.3 Å². The van der Waals surface area contributed by atoms with Gasteiger partial charge in [-0.1, -0.05) is 111 Å². The first-order chi connectivity index (χ1) is 27.1. The van der Waals surface area contributed by atoms with E-state index >= 15 is 0 Å². The van der Waals surface area contributed by atoms with Crippen molar-refractivity contribution in [3.63, 3.8) is 0 Å². The molecule has 2 atom stereocenters. The Hall–Kier alpha value is -4.59. The second-order valence-corrected chi connectivity index (χ2v) is 16.4. The van der Waals surface area contributed by atoms with Crippen molar-refractivity contribution in [1.82, 2.24) is 31.2 Å². The molecule has 0 saturated carbocycles. The molecule has 328 valence electrons. The summed E-state index contributed by atoms with van der Waals surface area (Å²) in [7, 11) is 3.13. The fraction of sp³-hybridized carbons (Fsp3) is 0.614. The molecule has 1 aromatic carbocycles. The maximum Gasteiger partial charge on any atom is 0.409 e. The highest BCUT2D eigenvalue weighted by atomic mass is 32.1. The number of nitrogens with one attached hydrogen (secondary N) is 4. The first kappa shape index (κ1) is 55.5. The minimum Gasteiger partial charge on any atom is -0.442 e. The third-order valence-corrected chi connectivity index (χ3v) is 9.18. The monoisotopic (exact) mass is 831 g/mol. The van der Waals surface area contributed by atoms with Crippen molar-refractivity contribution in [2.45, 2.75) is 134 Å². The quantitative estimate of drug-likeness (QED) is 0.108. The summed E-state index contributed by atoms with van der Waals surface area (Å²) in [6.45, 7) is 26.5. The first-order valence-electron chi connectivity index (χ1n) is 20.2. The van der Waals surface area contributed by atoms with Crippen molar-refractivity contribution in [3.8, 4) is 0 Å². The minimum atomic E-state index is -0.926. The van der Waals surface area contributed by atoms with Crippen LogP contribution in [0, 0.1) is 24.2 Å². The molecule has 0 unspecified atom stereocenters. The number of amides is 5. The number of carbonyl (C=O) groups excluding carboxylic acids is 6. The summed E-state index contributed by atoms with van der Waals surface area (Å²) in [5.41, 5.74) is 2.45. The van der Waals surface area contributed by atoms with Gasteiger partial charge in [0.1, 0.15) is 17.7 Å². The number of Topliss-reactive ketones (excluding diaryl/α,β-unsaturated/α-hetero) is 1. The number of nitrogens with zero attached hydrogens (tertiary/aromatic N) is 2. The smallest absolute Gasteiger partial charge is 0.409 e. The van der Waals surface area contributed by atoms with E-state index in [0.29, 0.717) is 30.0 Å². The van der Waals surface area contributed by atoms with Crippen LogP contribution in [0.4, 0.5) is 4.79 Å². The average Bonchev–Trinajstić information content (AvgIpc) is 3.62. The maximum absolute atomic E-state index is 13.0. The Kier molecular flexibility index (Phi) is 29.2. The molecule has 2 rings (SSSR count). The van der Waals surface area contributed by atoms with Crippen LogP contribution >= 0.6 is 11.3 Å². The lowest BCUT2D eigenvalue weighted by Crippen LogP contribution is -2.53. The molecule has 0 spiro atoms. The van der Waals surface area contributed by atoms with E-state index in [-0.39, 0.29) is 43.7 Å². The topological polar surface area (TPSA) is 176 Å². The summed E-state index contributed by atoms with van der Waals surface area (Å²) in [5.74, 6) is -1.87. The summed E-state index contributed by atoms with van der Waals surface area (Å²) in [4.78, 5) is 80.8. The molecular weight excluding hydrogens is 757 g/mol. The number of hydrogen-bond acceptors (Lipinski definition) is 9. The molecular formula is C44H74N6O7S. The van der Waals surface area contributed by atoms with Crippen molar-refractivity contribution >= 4 is 46.8 Å². The minimum absolute atomic E-state index is 0.0135. The van der Waals surface area contributed by atoms with Crippen LogP contribution in [0.3, 0.4) is 0 Å². The second kappa shape index (κ2) is 30.5. The highest BCUT2D eigenvalue weighted by Gasteiger charge is 2.33. The van der Waals surface area contributed by atoms with E-state index in [1.54, 1.807) is 19.5 Å². The molecule has 5 amide bonds. The Morgan fingerprint density at radius 2 is 1.34 bits per heavy atom. The van der Waals surface area contributed by atoms with E-state index < -0.39 is 47.2 Å². The summed E-state index contributed by atoms with van der Waals surface area (Å²) < 4.78 is 5.07. The first-order valence-corrected chi connectivity index (χ1v) is 21.1. The number of allylic oxidation sites excluding steroid dienone is 1. The lowest BCUT2D eigenvalue weighted by molar-refractivity contribution is -0.134. The average molecular weight is 831 g/mol. The van der Waals surface area contributed by atoms with Gasteiger partial charge in [0.2, 0.25) is 23.6 Å². The van der Waals surface area contributed by atoms with E-state index in [0.717, 1.165) is 6.42 Å². The van der Waals surface area contributed by atoms with Crippen LogP contribution in [0.1, 0.15) is 118 Å². The molecule has 0 radical (unpaired) electrons. The van der Waals surface area contributed by atoms with Gasteiger partial charge in [-0.2, -0.15) is 0 Å². The van der Waals surface area contributed by atoms with Gasteiger partial charge >= 0.3 is 6.09 Å². The van der Waals surface area contributed by atoms with Crippen molar-refractivity contribution < 1.29 is 33.5 Å². The van der Waals surface area contributed by atoms with Gasteiger partial charge in [0.15, 0.2) is 5.78 Å². The third-order valence-electron chi connectivity index (χ3n) is 8.31. The number of aryl methyl sites for hydroxylation is 1. The summed E-state index contributed by atoms with van der Waals surface area (Å²) in [6, 6.07) is 8.67. The Labute approximate surface area is 352 Å².